The number of esters is 2. The summed E-state index contributed by atoms with van der Waals surface area (Å²) in [4.78, 5) is 23.5. The first-order valence-corrected chi connectivity index (χ1v) is 7.71. The van der Waals surface area contributed by atoms with Crippen LogP contribution in [0.3, 0.4) is 0 Å². The van der Waals surface area contributed by atoms with Gasteiger partial charge < -0.3 is 9.47 Å². The van der Waals surface area contributed by atoms with Crippen molar-refractivity contribution in [1.82, 2.24) is 0 Å². The van der Waals surface area contributed by atoms with Crippen LogP contribution in [0.4, 0.5) is 0 Å². The number of hydrogen-bond donors (Lipinski definition) is 0. The van der Waals surface area contributed by atoms with Gasteiger partial charge in [-0.2, -0.15) is 0 Å². The van der Waals surface area contributed by atoms with Crippen LogP contribution in [0.25, 0.3) is 0 Å². The van der Waals surface area contributed by atoms with Crippen LogP contribution in [0.15, 0.2) is 48.5 Å². The van der Waals surface area contributed by atoms with E-state index in [0.717, 1.165) is 22.3 Å². The van der Waals surface area contributed by atoms with E-state index in [9.17, 15) is 9.59 Å². The first kappa shape index (κ1) is 15.8. The maximum absolute atomic E-state index is 11.7. The number of hydrogen-bond acceptors (Lipinski definition) is 4. The van der Waals surface area contributed by atoms with Crippen LogP contribution in [0, 0.1) is 11.8 Å². The third-order valence-electron chi connectivity index (χ3n) is 3.68. The highest BCUT2D eigenvalue weighted by molar-refractivity contribution is 5.77. The summed E-state index contributed by atoms with van der Waals surface area (Å²) >= 11 is 0. The monoisotopic (exact) mass is 320 g/mol. The van der Waals surface area contributed by atoms with Gasteiger partial charge in [-0.1, -0.05) is 48.2 Å². The molecular weight excluding hydrogens is 304 g/mol. The topological polar surface area (TPSA) is 52.6 Å². The van der Waals surface area contributed by atoms with Crippen LogP contribution in [-0.2, 0) is 32.3 Å². The molecule has 0 radical (unpaired) electrons. The molecule has 0 N–H and O–H groups in total. The Bertz CT molecular complexity index is 759. The smallest absolute Gasteiger partial charge is 0.306 e. The fourth-order valence-corrected chi connectivity index (χ4v) is 2.34. The van der Waals surface area contributed by atoms with E-state index in [2.05, 4.69) is 11.8 Å². The molecule has 3 rings (SSSR count). The van der Waals surface area contributed by atoms with Gasteiger partial charge in [0.15, 0.2) is 0 Å². The summed E-state index contributed by atoms with van der Waals surface area (Å²) in [5.74, 6) is 5.39. The van der Waals surface area contributed by atoms with Crippen molar-refractivity contribution >= 4 is 11.9 Å². The Hall–Kier alpha value is -3.06. The zero-order valence-corrected chi connectivity index (χ0v) is 13.1. The van der Waals surface area contributed by atoms with E-state index in [1.54, 1.807) is 0 Å². The molecule has 0 atom stereocenters. The molecule has 4 nitrogen and oxygen atoms in total. The van der Waals surface area contributed by atoms with Gasteiger partial charge in [-0.25, -0.2) is 0 Å². The molecule has 0 aromatic heterocycles. The van der Waals surface area contributed by atoms with E-state index >= 15 is 0 Å². The molecule has 1 aliphatic heterocycles. The van der Waals surface area contributed by atoms with Crippen LogP contribution in [0.5, 0.6) is 0 Å². The molecule has 0 bridgehead atoms. The van der Waals surface area contributed by atoms with E-state index in [-0.39, 0.29) is 26.1 Å². The van der Waals surface area contributed by atoms with Crippen molar-refractivity contribution in [2.24, 2.45) is 0 Å². The lowest BCUT2D eigenvalue weighted by Gasteiger charge is -2.09. The van der Waals surface area contributed by atoms with E-state index in [1.165, 1.54) is 0 Å². The first-order chi connectivity index (χ1) is 11.7. The van der Waals surface area contributed by atoms with E-state index in [1.807, 2.05) is 48.5 Å². The molecule has 0 spiro atoms. The molecule has 0 aliphatic carbocycles. The third-order valence-corrected chi connectivity index (χ3v) is 3.68. The van der Waals surface area contributed by atoms with Crippen molar-refractivity contribution in [3.63, 3.8) is 0 Å². The van der Waals surface area contributed by atoms with Crippen molar-refractivity contribution in [1.29, 1.82) is 0 Å². The summed E-state index contributed by atoms with van der Waals surface area (Å²) in [5.41, 5.74) is 3.31. The number of carbonyl (C=O) groups excluding carboxylic acids is 2. The number of fused-ring (bicyclic) bond motifs is 2. The van der Waals surface area contributed by atoms with Gasteiger partial charge in [0.05, 0.1) is 12.8 Å². The minimum atomic E-state index is -0.424. The van der Waals surface area contributed by atoms with Crippen LogP contribution < -0.4 is 0 Å². The Kier molecular flexibility index (Phi) is 4.93. The van der Waals surface area contributed by atoms with Gasteiger partial charge in [0.2, 0.25) is 0 Å². The van der Waals surface area contributed by atoms with Crippen molar-refractivity contribution < 1.29 is 19.1 Å². The number of benzene rings is 2. The van der Waals surface area contributed by atoms with Crippen LogP contribution in [0.2, 0.25) is 0 Å². The predicted octanol–water partition coefficient (Wildman–Crippen LogP) is 2.97. The number of carbonyl (C=O) groups is 2. The molecule has 0 amide bonds. The molecule has 2 aromatic rings. The zero-order valence-electron chi connectivity index (χ0n) is 13.1. The van der Waals surface area contributed by atoms with E-state index in [4.69, 9.17) is 9.47 Å². The van der Waals surface area contributed by atoms with Crippen molar-refractivity contribution in [2.75, 3.05) is 0 Å². The van der Waals surface area contributed by atoms with Crippen molar-refractivity contribution in [3.8, 4) is 11.8 Å². The van der Waals surface area contributed by atoms with Gasteiger partial charge in [-0.3, -0.25) is 9.59 Å². The lowest BCUT2D eigenvalue weighted by atomic mass is 10.1. The Labute approximate surface area is 140 Å². The molecule has 2 aromatic carbocycles. The molecule has 4 heteroatoms. The first-order valence-electron chi connectivity index (χ1n) is 7.71. The van der Waals surface area contributed by atoms with Crippen LogP contribution in [0.1, 0.15) is 35.1 Å². The van der Waals surface area contributed by atoms with Crippen molar-refractivity contribution in [2.45, 2.75) is 26.1 Å². The summed E-state index contributed by atoms with van der Waals surface area (Å²) in [7, 11) is 0. The summed E-state index contributed by atoms with van der Waals surface area (Å²) < 4.78 is 10.4. The molecule has 0 fully saturated rings. The average Bonchev–Trinajstić information content (AvgIpc) is 2.62. The minimum absolute atomic E-state index is 0.00826. The molecule has 0 saturated carbocycles. The standard InChI is InChI=1S/C20H16O4/c21-19-11-12-20(22)24-14-18-8-4-2-6-16(18)10-9-15-5-1-3-7-17(15)13-23-19/h1-8H,11-14H2. The minimum Gasteiger partial charge on any atom is -0.461 e. The van der Waals surface area contributed by atoms with Crippen LogP contribution in [-0.4, -0.2) is 11.9 Å². The zero-order chi connectivity index (χ0) is 16.8. The fourth-order valence-electron chi connectivity index (χ4n) is 2.34. The lowest BCUT2D eigenvalue weighted by molar-refractivity contribution is -0.151. The fraction of sp³-hybridized carbons (Fsp3) is 0.200. The normalized spacial score (nSPS) is 14.8. The number of rotatable bonds is 0. The lowest BCUT2D eigenvalue weighted by Crippen LogP contribution is -2.11. The van der Waals surface area contributed by atoms with Gasteiger partial charge >= 0.3 is 11.9 Å². The summed E-state index contributed by atoms with van der Waals surface area (Å²) in [6, 6.07) is 15.1. The molecule has 120 valence electrons. The summed E-state index contributed by atoms with van der Waals surface area (Å²) in [5, 5.41) is 0. The van der Waals surface area contributed by atoms with Gasteiger partial charge in [0, 0.05) is 22.3 Å². The van der Waals surface area contributed by atoms with Crippen LogP contribution >= 0.6 is 0 Å². The highest BCUT2D eigenvalue weighted by Gasteiger charge is 2.12. The van der Waals surface area contributed by atoms with Gasteiger partial charge in [0.1, 0.15) is 13.2 Å². The SMILES string of the molecule is O=C1CCC(=O)OCc2ccccc2C#Cc2ccccc2CO1. The molecule has 1 heterocycles. The Morgan fingerprint density at radius 2 is 1.08 bits per heavy atom. The van der Waals surface area contributed by atoms with Crippen molar-refractivity contribution in [3.05, 3.63) is 70.8 Å². The highest BCUT2D eigenvalue weighted by Crippen LogP contribution is 2.14. The second-order valence-electron chi connectivity index (χ2n) is 5.39. The molecule has 0 saturated heterocycles. The quantitative estimate of drug-likeness (QED) is 0.553. The Morgan fingerprint density at radius 3 is 1.54 bits per heavy atom. The molecule has 0 unspecified atom stereocenters. The predicted molar refractivity (Wildman–Crippen MR) is 87.7 cm³/mol. The molecule has 24 heavy (non-hydrogen) atoms. The number of cyclic esters (lactones) is 2. The maximum atomic E-state index is 11.7. The summed E-state index contributed by atoms with van der Waals surface area (Å²) in [6.45, 7) is 0.279. The number of ether oxygens (including phenoxy) is 2. The molecule has 1 aliphatic rings. The summed E-state index contributed by atoms with van der Waals surface area (Å²) in [6.07, 6.45) is 0.0165. The highest BCUT2D eigenvalue weighted by atomic mass is 16.5. The Morgan fingerprint density at radius 1 is 0.667 bits per heavy atom. The molecular formula is C20H16O4. The second-order valence-corrected chi connectivity index (χ2v) is 5.39. The Balaban J connectivity index is 1.98. The largest absolute Gasteiger partial charge is 0.461 e. The second kappa shape index (κ2) is 7.47. The third kappa shape index (κ3) is 4.02. The van der Waals surface area contributed by atoms with Gasteiger partial charge in [-0.05, 0) is 12.1 Å². The van der Waals surface area contributed by atoms with Gasteiger partial charge in [-0.15, -0.1) is 0 Å². The average molecular weight is 320 g/mol. The van der Waals surface area contributed by atoms with E-state index in [0.29, 0.717) is 0 Å². The van der Waals surface area contributed by atoms with E-state index < -0.39 is 11.9 Å². The maximum Gasteiger partial charge on any atom is 0.306 e. The van der Waals surface area contributed by atoms with Gasteiger partial charge in [0.25, 0.3) is 0 Å².